The van der Waals surface area contributed by atoms with Crippen molar-refractivity contribution in [3.63, 3.8) is 0 Å². The number of morpholine rings is 1. The summed E-state index contributed by atoms with van der Waals surface area (Å²) in [5.74, 6) is -0.885. The first-order valence-corrected chi connectivity index (χ1v) is 7.25. The number of hydrogen-bond acceptors (Lipinski definition) is 3. The number of carboxylic acid groups (broad SMARTS) is 1. The zero-order valence-corrected chi connectivity index (χ0v) is 12.3. The molecule has 0 bridgehead atoms. The molecule has 2 fully saturated rings. The fourth-order valence-electron chi connectivity index (χ4n) is 2.71. The van der Waals surface area contributed by atoms with Gasteiger partial charge in [0.15, 0.2) is 0 Å². The van der Waals surface area contributed by atoms with Gasteiger partial charge in [0.2, 0.25) is 0 Å². The van der Waals surface area contributed by atoms with Crippen molar-refractivity contribution in [1.82, 2.24) is 9.80 Å². The molecule has 2 aliphatic rings. The summed E-state index contributed by atoms with van der Waals surface area (Å²) in [4.78, 5) is 26.8. The van der Waals surface area contributed by atoms with Crippen LogP contribution < -0.4 is 0 Å². The molecule has 0 aromatic rings. The van der Waals surface area contributed by atoms with Crippen molar-refractivity contribution >= 4 is 12.0 Å². The molecule has 6 nitrogen and oxygen atoms in total. The molecule has 1 N–H and O–H groups in total. The minimum atomic E-state index is -0.885. The standard InChI is InChI=1S/C14H24N2O4/c1-14(2)3-5-15(6-4-14)13(19)16-7-8-20-11(10-16)9-12(17)18/h11H,3-10H2,1-2H3,(H,17,18). The first-order valence-electron chi connectivity index (χ1n) is 7.25. The number of carbonyl (C=O) groups is 2. The Hall–Kier alpha value is -1.30. The molecule has 2 aliphatic heterocycles. The summed E-state index contributed by atoms with van der Waals surface area (Å²) in [5, 5.41) is 8.80. The number of urea groups is 1. The Morgan fingerprint density at radius 2 is 1.85 bits per heavy atom. The number of carboxylic acids is 1. The van der Waals surface area contributed by atoms with Crippen LogP contribution in [0.4, 0.5) is 4.79 Å². The molecule has 2 amide bonds. The van der Waals surface area contributed by atoms with Crippen LogP contribution in [0.3, 0.4) is 0 Å². The molecule has 0 spiro atoms. The topological polar surface area (TPSA) is 70.1 Å². The van der Waals surface area contributed by atoms with Crippen LogP contribution in [-0.2, 0) is 9.53 Å². The van der Waals surface area contributed by atoms with E-state index in [9.17, 15) is 9.59 Å². The Bertz CT molecular complexity index is 373. The van der Waals surface area contributed by atoms with Crippen molar-refractivity contribution in [3.05, 3.63) is 0 Å². The maximum atomic E-state index is 12.4. The molecule has 114 valence electrons. The lowest BCUT2D eigenvalue weighted by molar-refractivity contribution is -0.141. The van der Waals surface area contributed by atoms with E-state index in [1.165, 1.54) is 0 Å². The van der Waals surface area contributed by atoms with Crippen molar-refractivity contribution in [2.24, 2.45) is 5.41 Å². The normalized spacial score (nSPS) is 26.4. The third-order valence-electron chi connectivity index (χ3n) is 4.20. The molecule has 2 heterocycles. The van der Waals surface area contributed by atoms with Gasteiger partial charge in [0.1, 0.15) is 0 Å². The fraction of sp³-hybridized carbons (Fsp3) is 0.857. The van der Waals surface area contributed by atoms with Gasteiger partial charge in [-0.05, 0) is 18.3 Å². The Kier molecular flexibility index (Phi) is 4.52. The van der Waals surface area contributed by atoms with Gasteiger partial charge in [-0.1, -0.05) is 13.8 Å². The maximum absolute atomic E-state index is 12.4. The predicted octanol–water partition coefficient (Wildman–Crippen LogP) is 1.40. The van der Waals surface area contributed by atoms with Crippen molar-refractivity contribution in [2.45, 2.75) is 39.2 Å². The third-order valence-corrected chi connectivity index (χ3v) is 4.20. The third kappa shape index (κ3) is 3.85. The van der Waals surface area contributed by atoms with Crippen LogP contribution in [0.5, 0.6) is 0 Å². The lowest BCUT2D eigenvalue weighted by atomic mass is 9.83. The molecule has 0 aromatic carbocycles. The maximum Gasteiger partial charge on any atom is 0.320 e. The molecule has 6 heteroatoms. The Balaban J connectivity index is 1.87. The lowest BCUT2D eigenvalue weighted by Crippen LogP contribution is -2.53. The van der Waals surface area contributed by atoms with E-state index in [2.05, 4.69) is 13.8 Å². The highest BCUT2D eigenvalue weighted by Crippen LogP contribution is 2.30. The van der Waals surface area contributed by atoms with E-state index < -0.39 is 5.97 Å². The summed E-state index contributed by atoms with van der Waals surface area (Å²) in [6.07, 6.45) is 1.60. The average Bonchev–Trinajstić information content (AvgIpc) is 2.37. The molecule has 2 saturated heterocycles. The predicted molar refractivity (Wildman–Crippen MR) is 73.5 cm³/mol. The molecule has 0 aliphatic carbocycles. The number of rotatable bonds is 2. The van der Waals surface area contributed by atoms with Gasteiger partial charge in [-0.2, -0.15) is 0 Å². The van der Waals surface area contributed by atoms with Crippen molar-refractivity contribution in [2.75, 3.05) is 32.8 Å². The van der Waals surface area contributed by atoms with E-state index in [-0.39, 0.29) is 18.6 Å². The summed E-state index contributed by atoms with van der Waals surface area (Å²) in [7, 11) is 0. The first-order chi connectivity index (χ1) is 9.37. The molecule has 1 atom stereocenters. The van der Waals surface area contributed by atoms with Crippen LogP contribution in [0, 0.1) is 5.41 Å². The van der Waals surface area contributed by atoms with E-state index in [4.69, 9.17) is 9.84 Å². The Morgan fingerprint density at radius 3 is 2.45 bits per heavy atom. The number of nitrogens with zero attached hydrogens (tertiary/aromatic N) is 2. The van der Waals surface area contributed by atoms with Gasteiger partial charge < -0.3 is 19.6 Å². The van der Waals surface area contributed by atoms with E-state index in [0.29, 0.717) is 25.1 Å². The smallest absolute Gasteiger partial charge is 0.320 e. The van der Waals surface area contributed by atoms with Gasteiger partial charge in [0.25, 0.3) is 0 Å². The average molecular weight is 284 g/mol. The highest BCUT2D eigenvalue weighted by atomic mass is 16.5. The number of ether oxygens (including phenoxy) is 1. The molecule has 0 saturated carbocycles. The number of likely N-dealkylation sites (tertiary alicyclic amines) is 1. The first kappa shape index (κ1) is 15.1. The number of carbonyl (C=O) groups excluding carboxylic acids is 1. The quantitative estimate of drug-likeness (QED) is 0.832. The van der Waals surface area contributed by atoms with E-state index >= 15 is 0 Å². The SMILES string of the molecule is CC1(C)CCN(C(=O)N2CCOC(CC(=O)O)C2)CC1. The van der Waals surface area contributed by atoms with Gasteiger partial charge in [0, 0.05) is 26.2 Å². The van der Waals surface area contributed by atoms with Crippen molar-refractivity contribution < 1.29 is 19.4 Å². The minimum Gasteiger partial charge on any atom is -0.481 e. The highest BCUT2D eigenvalue weighted by Gasteiger charge is 2.32. The summed E-state index contributed by atoms with van der Waals surface area (Å²) in [5.41, 5.74) is 0.313. The van der Waals surface area contributed by atoms with Crippen LogP contribution in [0.15, 0.2) is 0 Å². The number of amides is 2. The molecule has 1 unspecified atom stereocenters. The van der Waals surface area contributed by atoms with Crippen molar-refractivity contribution in [3.8, 4) is 0 Å². The van der Waals surface area contributed by atoms with E-state index in [1.807, 2.05) is 4.90 Å². The van der Waals surface area contributed by atoms with Crippen LogP contribution in [0.1, 0.15) is 33.1 Å². The van der Waals surface area contributed by atoms with Crippen molar-refractivity contribution in [1.29, 1.82) is 0 Å². The van der Waals surface area contributed by atoms with E-state index in [1.54, 1.807) is 4.90 Å². The molecule has 20 heavy (non-hydrogen) atoms. The largest absolute Gasteiger partial charge is 0.481 e. The Labute approximate surface area is 119 Å². The zero-order valence-electron chi connectivity index (χ0n) is 12.3. The summed E-state index contributed by atoms with van der Waals surface area (Å²) in [6.45, 7) is 7.38. The van der Waals surface area contributed by atoms with Gasteiger partial charge >= 0.3 is 12.0 Å². The molecule has 0 aromatic heterocycles. The Morgan fingerprint density at radius 1 is 1.20 bits per heavy atom. The molecule has 2 rings (SSSR count). The van der Waals surface area contributed by atoms with Crippen LogP contribution in [0.2, 0.25) is 0 Å². The molecular weight excluding hydrogens is 260 g/mol. The second kappa shape index (κ2) is 5.99. The van der Waals surface area contributed by atoms with Gasteiger partial charge in [-0.25, -0.2) is 4.79 Å². The monoisotopic (exact) mass is 284 g/mol. The lowest BCUT2D eigenvalue weighted by Gasteiger charge is -2.41. The van der Waals surface area contributed by atoms with Gasteiger partial charge in [-0.3, -0.25) is 4.79 Å². The second-order valence-corrected chi connectivity index (χ2v) is 6.47. The molecular formula is C14H24N2O4. The minimum absolute atomic E-state index is 0.0270. The van der Waals surface area contributed by atoms with Gasteiger partial charge in [0.05, 0.1) is 19.1 Å². The summed E-state index contributed by atoms with van der Waals surface area (Å²) >= 11 is 0. The number of aliphatic carboxylic acids is 1. The van der Waals surface area contributed by atoms with Crippen LogP contribution in [0.25, 0.3) is 0 Å². The van der Waals surface area contributed by atoms with Crippen LogP contribution in [-0.4, -0.2) is 65.8 Å². The number of hydrogen-bond donors (Lipinski definition) is 1. The number of piperidine rings is 1. The van der Waals surface area contributed by atoms with Gasteiger partial charge in [-0.15, -0.1) is 0 Å². The van der Waals surface area contributed by atoms with Crippen LogP contribution >= 0.6 is 0 Å². The summed E-state index contributed by atoms with van der Waals surface area (Å²) < 4.78 is 5.40. The molecule has 0 radical (unpaired) electrons. The second-order valence-electron chi connectivity index (χ2n) is 6.47. The fourth-order valence-corrected chi connectivity index (χ4v) is 2.71. The highest BCUT2D eigenvalue weighted by molar-refractivity contribution is 5.75. The zero-order chi connectivity index (χ0) is 14.8. The van der Waals surface area contributed by atoms with E-state index in [0.717, 1.165) is 25.9 Å². The summed E-state index contributed by atoms with van der Waals surface area (Å²) in [6, 6.07) is 0.0270.